The van der Waals surface area contributed by atoms with Crippen molar-refractivity contribution in [1.29, 1.82) is 0 Å². The predicted molar refractivity (Wildman–Crippen MR) is 70.3 cm³/mol. The van der Waals surface area contributed by atoms with Gasteiger partial charge in [0.25, 0.3) is 0 Å². The molecule has 1 aromatic carbocycles. The number of hydrogen-bond donors (Lipinski definition) is 1. The summed E-state index contributed by atoms with van der Waals surface area (Å²) in [6.07, 6.45) is 0. The molecule has 0 bridgehead atoms. The number of hydrogen-bond acceptors (Lipinski definition) is 4. The van der Waals surface area contributed by atoms with Gasteiger partial charge in [-0.05, 0) is 12.5 Å². The molecule has 5 heteroatoms. The highest BCUT2D eigenvalue weighted by molar-refractivity contribution is 5.89. The molecular weight excluding hydrogens is 244 g/mol. The summed E-state index contributed by atoms with van der Waals surface area (Å²) in [5.41, 5.74) is 1.18. The van der Waals surface area contributed by atoms with Crippen LogP contribution in [0.25, 0.3) is 0 Å². The zero-order chi connectivity index (χ0) is 13.8. The summed E-state index contributed by atoms with van der Waals surface area (Å²) in [7, 11) is 1.31. The number of benzene rings is 1. The van der Waals surface area contributed by atoms with E-state index < -0.39 is 12.0 Å². The lowest BCUT2D eigenvalue weighted by Crippen LogP contribution is -2.42. The minimum atomic E-state index is -0.600. The molecule has 102 valence electrons. The number of esters is 1. The van der Waals surface area contributed by atoms with Crippen LogP contribution < -0.4 is 5.32 Å². The van der Waals surface area contributed by atoms with Crippen LogP contribution in [0.4, 0.5) is 0 Å². The second kappa shape index (κ2) is 5.84. The lowest BCUT2D eigenvalue weighted by Gasteiger charge is -2.11. The summed E-state index contributed by atoms with van der Waals surface area (Å²) >= 11 is 0. The first-order chi connectivity index (χ1) is 9.11. The van der Waals surface area contributed by atoms with E-state index in [-0.39, 0.29) is 11.9 Å². The maximum Gasteiger partial charge on any atom is 0.328 e. The molecule has 0 aromatic heterocycles. The van der Waals surface area contributed by atoms with Gasteiger partial charge in [-0.1, -0.05) is 30.3 Å². The van der Waals surface area contributed by atoms with Crippen molar-refractivity contribution in [2.75, 3.05) is 13.7 Å². The van der Waals surface area contributed by atoms with Gasteiger partial charge in [0.15, 0.2) is 0 Å². The first kappa shape index (κ1) is 13.5. The summed E-state index contributed by atoms with van der Waals surface area (Å²) in [6.45, 7) is 3.10. The Bertz CT molecular complexity index is 461. The molecule has 0 saturated carbocycles. The molecule has 19 heavy (non-hydrogen) atoms. The Kier molecular flexibility index (Phi) is 4.16. The van der Waals surface area contributed by atoms with Gasteiger partial charge in [0, 0.05) is 13.1 Å². The molecule has 1 N–H and O–H groups in total. The molecule has 0 spiro atoms. The lowest BCUT2D eigenvalue weighted by atomic mass is 10.2. The summed E-state index contributed by atoms with van der Waals surface area (Å²) in [4.78, 5) is 25.1. The quantitative estimate of drug-likeness (QED) is 0.622. The average molecular weight is 262 g/mol. The highest BCUT2D eigenvalue weighted by Gasteiger charge is 2.40. The first-order valence-electron chi connectivity index (χ1n) is 6.28. The fourth-order valence-electron chi connectivity index (χ4n) is 1.96. The highest BCUT2D eigenvalue weighted by Crippen LogP contribution is 2.21. The van der Waals surface area contributed by atoms with Gasteiger partial charge in [0.2, 0.25) is 5.91 Å². The minimum absolute atomic E-state index is 0.117. The van der Waals surface area contributed by atoms with E-state index in [2.05, 4.69) is 15.0 Å². The largest absolute Gasteiger partial charge is 0.467 e. The summed E-state index contributed by atoms with van der Waals surface area (Å²) < 4.78 is 4.57. The Labute approximate surface area is 112 Å². The van der Waals surface area contributed by atoms with Crippen LogP contribution in [0.2, 0.25) is 0 Å². The van der Waals surface area contributed by atoms with Crippen molar-refractivity contribution in [1.82, 2.24) is 10.2 Å². The number of methoxy groups -OCH3 is 1. The molecule has 1 aliphatic heterocycles. The molecular formula is C14H18N2O3. The lowest BCUT2D eigenvalue weighted by molar-refractivity contribution is -0.144. The van der Waals surface area contributed by atoms with Crippen molar-refractivity contribution < 1.29 is 14.3 Å². The molecule has 1 saturated heterocycles. The molecule has 0 aliphatic carbocycles. The van der Waals surface area contributed by atoms with E-state index in [9.17, 15) is 9.59 Å². The standard InChI is InChI=1S/C14H18N2O3/c1-10(14(18)19-2)15-13(17)12-9-16(12)8-11-6-4-3-5-7-11/h3-7,10,12H,8-9H2,1-2H3,(H,15,17). The third kappa shape index (κ3) is 3.54. The molecule has 1 aliphatic rings. The third-order valence-corrected chi connectivity index (χ3v) is 3.16. The fourth-order valence-corrected chi connectivity index (χ4v) is 1.96. The van der Waals surface area contributed by atoms with Crippen LogP contribution in [0, 0.1) is 0 Å². The highest BCUT2D eigenvalue weighted by atomic mass is 16.5. The molecule has 1 heterocycles. The molecule has 3 unspecified atom stereocenters. The van der Waals surface area contributed by atoms with Gasteiger partial charge in [-0.15, -0.1) is 0 Å². The van der Waals surface area contributed by atoms with Crippen molar-refractivity contribution in [2.45, 2.75) is 25.6 Å². The maximum atomic E-state index is 11.9. The van der Waals surface area contributed by atoms with Crippen LogP contribution in [0.3, 0.4) is 0 Å². The zero-order valence-corrected chi connectivity index (χ0v) is 11.1. The van der Waals surface area contributed by atoms with E-state index >= 15 is 0 Å². The third-order valence-electron chi connectivity index (χ3n) is 3.16. The Morgan fingerprint density at radius 3 is 2.74 bits per heavy atom. The molecule has 1 aromatic rings. The van der Waals surface area contributed by atoms with Crippen LogP contribution >= 0.6 is 0 Å². The zero-order valence-electron chi connectivity index (χ0n) is 11.1. The normalized spacial score (nSPS) is 22.4. The van der Waals surface area contributed by atoms with Gasteiger partial charge < -0.3 is 10.1 Å². The minimum Gasteiger partial charge on any atom is -0.467 e. The van der Waals surface area contributed by atoms with Gasteiger partial charge in [0.05, 0.1) is 7.11 Å². The summed E-state index contributed by atoms with van der Waals surface area (Å²) in [6, 6.07) is 9.26. The number of rotatable bonds is 5. The van der Waals surface area contributed by atoms with Crippen molar-refractivity contribution >= 4 is 11.9 Å². The van der Waals surface area contributed by atoms with Gasteiger partial charge in [-0.25, -0.2) is 4.79 Å². The van der Waals surface area contributed by atoms with Crippen molar-refractivity contribution in [3.8, 4) is 0 Å². The second-order valence-corrected chi connectivity index (χ2v) is 4.68. The summed E-state index contributed by atoms with van der Waals surface area (Å²) in [5.74, 6) is -0.544. The van der Waals surface area contributed by atoms with Crippen LogP contribution in [0.15, 0.2) is 30.3 Å². The molecule has 5 nitrogen and oxygen atoms in total. The Morgan fingerprint density at radius 2 is 2.11 bits per heavy atom. The van der Waals surface area contributed by atoms with Gasteiger partial charge in [-0.3, -0.25) is 9.69 Å². The molecule has 2 rings (SSSR count). The number of carbonyl (C=O) groups is 2. The van der Waals surface area contributed by atoms with E-state index in [4.69, 9.17) is 0 Å². The summed E-state index contributed by atoms with van der Waals surface area (Å²) in [5, 5.41) is 2.65. The van der Waals surface area contributed by atoms with E-state index in [0.29, 0.717) is 0 Å². The van der Waals surface area contributed by atoms with E-state index in [0.717, 1.165) is 13.1 Å². The Balaban J connectivity index is 1.79. The van der Waals surface area contributed by atoms with Gasteiger partial charge >= 0.3 is 5.97 Å². The second-order valence-electron chi connectivity index (χ2n) is 4.68. The number of ether oxygens (including phenoxy) is 1. The van der Waals surface area contributed by atoms with Crippen molar-refractivity contribution in [3.05, 3.63) is 35.9 Å². The van der Waals surface area contributed by atoms with Crippen molar-refractivity contribution in [3.63, 3.8) is 0 Å². The Morgan fingerprint density at radius 1 is 1.42 bits per heavy atom. The monoisotopic (exact) mass is 262 g/mol. The molecule has 1 amide bonds. The van der Waals surface area contributed by atoms with Crippen LogP contribution in [0.1, 0.15) is 12.5 Å². The average Bonchev–Trinajstić information content (AvgIpc) is 3.18. The van der Waals surface area contributed by atoms with Crippen LogP contribution in [-0.4, -0.2) is 42.5 Å². The maximum absolute atomic E-state index is 11.9. The SMILES string of the molecule is COC(=O)C(C)NC(=O)C1CN1Cc1ccccc1. The van der Waals surface area contributed by atoms with E-state index in [1.165, 1.54) is 12.7 Å². The number of nitrogens with zero attached hydrogens (tertiary/aromatic N) is 1. The van der Waals surface area contributed by atoms with Gasteiger partial charge in [0.1, 0.15) is 12.1 Å². The fraction of sp³-hybridized carbons (Fsp3) is 0.429. The van der Waals surface area contributed by atoms with Crippen molar-refractivity contribution in [2.24, 2.45) is 0 Å². The predicted octanol–water partition coefficient (Wildman–Crippen LogP) is 0.548. The molecule has 1 fully saturated rings. The molecule has 0 radical (unpaired) electrons. The Hall–Kier alpha value is -1.88. The molecule has 3 atom stereocenters. The van der Waals surface area contributed by atoms with Crippen LogP contribution in [-0.2, 0) is 20.9 Å². The van der Waals surface area contributed by atoms with E-state index in [1.807, 2.05) is 30.3 Å². The number of nitrogens with one attached hydrogen (secondary N) is 1. The topological polar surface area (TPSA) is 58.4 Å². The number of carbonyl (C=O) groups excluding carboxylic acids is 2. The first-order valence-corrected chi connectivity index (χ1v) is 6.28. The number of amides is 1. The smallest absolute Gasteiger partial charge is 0.328 e. The van der Waals surface area contributed by atoms with E-state index in [1.54, 1.807) is 6.92 Å². The van der Waals surface area contributed by atoms with Crippen LogP contribution in [0.5, 0.6) is 0 Å². The van der Waals surface area contributed by atoms with Gasteiger partial charge in [-0.2, -0.15) is 0 Å².